The minimum absolute atomic E-state index is 0.0513. The monoisotopic (exact) mass is 325 g/mol. The molecule has 3 rings (SSSR count). The number of nitrogens with one attached hydrogen (secondary N) is 2. The molecule has 0 radical (unpaired) electrons. The van der Waals surface area contributed by atoms with Crippen molar-refractivity contribution in [1.82, 2.24) is 15.6 Å². The van der Waals surface area contributed by atoms with Gasteiger partial charge in [-0.15, -0.1) is 0 Å². The highest BCUT2D eigenvalue weighted by Crippen LogP contribution is 2.22. The Kier molecular flexibility index (Phi) is 4.15. The Morgan fingerprint density at radius 3 is 2.96 bits per heavy atom. The van der Waals surface area contributed by atoms with Gasteiger partial charge in [0.1, 0.15) is 11.5 Å². The molecule has 0 unspecified atom stereocenters. The lowest BCUT2D eigenvalue weighted by Crippen LogP contribution is -2.17. The molecule has 0 saturated heterocycles. The van der Waals surface area contributed by atoms with Crippen LogP contribution in [-0.4, -0.2) is 27.2 Å². The first-order chi connectivity index (χ1) is 11.6. The molecule has 0 saturated carbocycles. The van der Waals surface area contributed by atoms with Gasteiger partial charge in [-0.3, -0.25) is 20.0 Å². The number of carbonyl (C=O) groups is 1. The smallest absolute Gasteiger partial charge is 0.289 e. The molecular weight excluding hydrogens is 314 g/mol. The van der Waals surface area contributed by atoms with Crippen molar-refractivity contribution in [2.24, 2.45) is 5.10 Å². The summed E-state index contributed by atoms with van der Waals surface area (Å²) in [5.74, 6) is -0.000758. The molecule has 9 nitrogen and oxygen atoms in total. The molecule has 0 bridgehead atoms. The van der Waals surface area contributed by atoms with Crippen molar-refractivity contribution in [2.75, 3.05) is 0 Å². The highest BCUT2D eigenvalue weighted by Gasteiger charge is 2.13. The average Bonchev–Trinajstić information content (AvgIpc) is 3.26. The number of hydrogen-bond acceptors (Lipinski definition) is 6. The van der Waals surface area contributed by atoms with E-state index in [1.165, 1.54) is 30.7 Å². The number of hydrazone groups is 1. The Morgan fingerprint density at radius 2 is 2.21 bits per heavy atom. The number of aromatic nitrogens is 2. The highest BCUT2D eigenvalue weighted by molar-refractivity contribution is 5.93. The van der Waals surface area contributed by atoms with E-state index in [0.717, 1.165) is 0 Å². The molecule has 24 heavy (non-hydrogen) atoms. The van der Waals surface area contributed by atoms with E-state index in [0.29, 0.717) is 17.0 Å². The number of H-pyrrole nitrogens is 1. The second-order valence-corrected chi connectivity index (χ2v) is 4.69. The van der Waals surface area contributed by atoms with Gasteiger partial charge in [-0.1, -0.05) is 12.1 Å². The van der Waals surface area contributed by atoms with Gasteiger partial charge in [0.2, 0.25) is 0 Å². The van der Waals surface area contributed by atoms with Crippen LogP contribution in [0, 0.1) is 10.1 Å². The van der Waals surface area contributed by atoms with Crippen LogP contribution in [0.15, 0.2) is 58.2 Å². The largest absolute Gasteiger partial charge is 0.463 e. The number of amides is 1. The zero-order valence-electron chi connectivity index (χ0n) is 12.2. The topological polar surface area (TPSA) is 126 Å². The van der Waals surface area contributed by atoms with Gasteiger partial charge in [0.25, 0.3) is 11.6 Å². The fraction of sp³-hybridized carbons (Fsp3) is 0. The summed E-state index contributed by atoms with van der Waals surface area (Å²) in [7, 11) is 0. The van der Waals surface area contributed by atoms with Crippen molar-refractivity contribution in [3.63, 3.8) is 0 Å². The van der Waals surface area contributed by atoms with E-state index in [4.69, 9.17) is 4.42 Å². The van der Waals surface area contributed by atoms with E-state index in [9.17, 15) is 14.9 Å². The maximum Gasteiger partial charge on any atom is 0.289 e. The molecule has 2 heterocycles. The molecule has 3 aromatic rings. The molecule has 0 aliphatic carbocycles. The summed E-state index contributed by atoms with van der Waals surface area (Å²) in [6, 6.07) is 10.8. The third kappa shape index (κ3) is 3.35. The Morgan fingerprint density at radius 1 is 1.33 bits per heavy atom. The summed E-state index contributed by atoms with van der Waals surface area (Å²) in [6.07, 6.45) is 2.85. The molecule has 1 amide bonds. The number of rotatable bonds is 5. The maximum absolute atomic E-state index is 12.0. The molecule has 2 aromatic heterocycles. The van der Waals surface area contributed by atoms with Crippen molar-refractivity contribution in [3.05, 3.63) is 70.3 Å². The number of aromatic amines is 1. The number of furan rings is 1. The lowest BCUT2D eigenvalue weighted by atomic mass is 10.1. The number of carbonyl (C=O) groups excluding carboxylic acids is 1. The first-order valence-corrected chi connectivity index (χ1v) is 6.80. The molecule has 0 aliphatic rings. The standard InChI is InChI=1S/C15H11N5O4/c21-15(19-16-9-12-5-2-6-24-12)14-8-13(17-18-14)10-3-1-4-11(7-10)20(22)23/h1-9H,(H,17,18)(H,19,21). The van der Waals surface area contributed by atoms with E-state index in [1.54, 1.807) is 24.3 Å². The number of nitro benzene ring substituents is 1. The second-order valence-electron chi connectivity index (χ2n) is 4.69. The average molecular weight is 325 g/mol. The number of hydrogen-bond donors (Lipinski definition) is 2. The number of benzene rings is 1. The Bertz CT molecular complexity index is 898. The van der Waals surface area contributed by atoms with Crippen molar-refractivity contribution in [2.45, 2.75) is 0 Å². The predicted octanol–water partition coefficient (Wildman–Crippen LogP) is 2.34. The zero-order valence-corrected chi connectivity index (χ0v) is 12.2. The minimum Gasteiger partial charge on any atom is -0.463 e. The van der Waals surface area contributed by atoms with Gasteiger partial charge in [0.05, 0.1) is 23.1 Å². The first-order valence-electron chi connectivity index (χ1n) is 6.80. The normalized spacial score (nSPS) is 10.8. The van der Waals surface area contributed by atoms with E-state index in [-0.39, 0.29) is 11.4 Å². The molecule has 1 aromatic carbocycles. The van der Waals surface area contributed by atoms with Crippen LogP contribution in [0.3, 0.4) is 0 Å². The summed E-state index contributed by atoms with van der Waals surface area (Å²) in [5, 5.41) is 21.1. The lowest BCUT2D eigenvalue weighted by Gasteiger charge is -1.96. The van der Waals surface area contributed by atoms with Gasteiger partial charge in [-0.2, -0.15) is 10.2 Å². The van der Waals surface area contributed by atoms with Gasteiger partial charge in [-0.25, -0.2) is 5.43 Å². The van der Waals surface area contributed by atoms with Crippen molar-refractivity contribution in [3.8, 4) is 11.3 Å². The molecule has 2 N–H and O–H groups in total. The van der Waals surface area contributed by atoms with Gasteiger partial charge in [-0.05, 0) is 18.2 Å². The van der Waals surface area contributed by atoms with Gasteiger partial charge < -0.3 is 4.42 Å². The number of non-ortho nitro benzene ring substituents is 1. The van der Waals surface area contributed by atoms with Crippen molar-refractivity contribution >= 4 is 17.8 Å². The van der Waals surface area contributed by atoms with Crippen LogP contribution >= 0.6 is 0 Å². The Balaban J connectivity index is 1.72. The van der Waals surface area contributed by atoms with Crippen LogP contribution < -0.4 is 5.43 Å². The lowest BCUT2D eigenvalue weighted by molar-refractivity contribution is -0.384. The van der Waals surface area contributed by atoms with Gasteiger partial charge in [0.15, 0.2) is 0 Å². The quantitative estimate of drug-likeness (QED) is 0.423. The van der Waals surface area contributed by atoms with E-state index < -0.39 is 10.8 Å². The Labute approximate surface area is 135 Å². The van der Waals surface area contributed by atoms with Crippen LogP contribution in [0.25, 0.3) is 11.3 Å². The van der Waals surface area contributed by atoms with Crippen molar-refractivity contribution < 1.29 is 14.1 Å². The van der Waals surface area contributed by atoms with Gasteiger partial charge in [0, 0.05) is 17.7 Å². The van der Waals surface area contributed by atoms with E-state index in [1.807, 2.05) is 0 Å². The van der Waals surface area contributed by atoms with Crippen LogP contribution in [0.2, 0.25) is 0 Å². The van der Waals surface area contributed by atoms with E-state index >= 15 is 0 Å². The molecule has 120 valence electrons. The maximum atomic E-state index is 12.0. The zero-order chi connectivity index (χ0) is 16.9. The summed E-state index contributed by atoms with van der Waals surface area (Å²) in [6.45, 7) is 0. The number of nitrogens with zero attached hydrogens (tertiary/aromatic N) is 3. The Hall–Kier alpha value is -3.75. The minimum atomic E-state index is -0.498. The summed E-state index contributed by atoms with van der Waals surface area (Å²) >= 11 is 0. The van der Waals surface area contributed by atoms with Gasteiger partial charge >= 0.3 is 0 Å². The fourth-order valence-corrected chi connectivity index (χ4v) is 1.94. The molecule has 0 spiro atoms. The van der Waals surface area contributed by atoms with Crippen LogP contribution in [-0.2, 0) is 0 Å². The summed E-state index contributed by atoms with van der Waals surface area (Å²) in [4.78, 5) is 22.3. The SMILES string of the molecule is O=C(NN=Cc1ccco1)c1cc(-c2cccc([N+](=O)[O-])c2)n[nH]1. The summed E-state index contributed by atoms with van der Waals surface area (Å²) in [5.41, 5.74) is 3.39. The van der Waals surface area contributed by atoms with Crippen LogP contribution in [0.5, 0.6) is 0 Å². The summed E-state index contributed by atoms with van der Waals surface area (Å²) < 4.78 is 5.04. The molecule has 0 atom stereocenters. The molecule has 0 fully saturated rings. The third-order valence-corrected chi connectivity index (χ3v) is 3.08. The van der Waals surface area contributed by atoms with E-state index in [2.05, 4.69) is 20.7 Å². The first kappa shape index (κ1) is 15.2. The fourth-order valence-electron chi connectivity index (χ4n) is 1.94. The van der Waals surface area contributed by atoms with Crippen LogP contribution in [0.4, 0.5) is 5.69 Å². The predicted molar refractivity (Wildman–Crippen MR) is 84.4 cm³/mol. The third-order valence-electron chi connectivity index (χ3n) is 3.08. The molecule has 9 heteroatoms. The number of nitro groups is 1. The highest BCUT2D eigenvalue weighted by atomic mass is 16.6. The van der Waals surface area contributed by atoms with Crippen molar-refractivity contribution in [1.29, 1.82) is 0 Å². The molecular formula is C15H11N5O4. The second kappa shape index (κ2) is 6.57. The molecule has 0 aliphatic heterocycles. The van der Waals surface area contributed by atoms with Crippen LogP contribution in [0.1, 0.15) is 16.2 Å².